The molecular formula is C23H24N4O3. The largest absolute Gasteiger partial charge is 0.497 e. The Labute approximate surface area is 175 Å². The van der Waals surface area contributed by atoms with E-state index in [9.17, 15) is 4.79 Å². The number of carbonyl (C=O) groups is 1. The fourth-order valence-corrected chi connectivity index (χ4v) is 3.46. The van der Waals surface area contributed by atoms with Gasteiger partial charge in [-0.05, 0) is 49.2 Å². The number of benzene rings is 2. The molecule has 1 fully saturated rings. The number of anilines is 2. The number of amides is 1. The van der Waals surface area contributed by atoms with Crippen LogP contribution in [0, 0.1) is 5.92 Å². The van der Waals surface area contributed by atoms with E-state index in [1.165, 1.54) is 6.33 Å². The molecule has 0 spiro atoms. The number of hydrogen-bond donors (Lipinski definition) is 1. The second-order valence-electron chi connectivity index (χ2n) is 7.11. The summed E-state index contributed by atoms with van der Waals surface area (Å²) >= 11 is 0. The summed E-state index contributed by atoms with van der Waals surface area (Å²) in [4.78, 5) is 23.4. The Morgan fingerprint density at radius 3 is 2.43 bits per heavy atom. The molecule has 3 aromatic rings. The Hall–Kier alpha value is -3.61. The fourth-order valence-electron chi connectivity index (χ4n) is 3.46. The zero-order valence-electron chi connectivity index (χ0n) is 16.8. The molecule has 2 heterocycles. The maximum Gasteiger partial charge on any atom is 0.227 e. The molecule has 4 rings (SSSR count). The summed E-state index contributed by atoms with van der Waals surface area (Å²) in [5, 5.41) is 3.00. The standard InChI is InChI=1S/C23H24N4O3/c1-29-19-9-7-18(8-10-19)26-23(28)17-11-13-27(14-12-17)21-15-22(25-16-24-21)30-20-5-3-2-4-6-20/h2-10,15-17H,11-14H2,1H3,(H,26,28). The van der Waals surface area contributed by atoms with Gasteiger partial charge in [-0.1, -0.05) is 18.2 Å². The van der Waals surface area contributed by atoms with Crippen molar-refractivity contribution in [3.63, 3.8) is 0 Å². The minimum atomic E-state index is -0.0229. The summed E-state index contributed by atoms with van der Waals surface area (Å²) < 4.78 is 10.9. The third kappa shape index (κ3) is 4.86. The smallest absolute Gasteiger partial charge is 0.227 e. The SMILES string of the molecule is COc1ccc(NC(=O)C2CCN(c3cc(Oc4ccccc4)ncn3)CC2)cc1. The Bertz CT molecular complexity index is 971. The number of nitrogens with zero attached hydrogens (tertiary/aromatic N) is 3. The van der Waals surface area contributed by atoms with Gasteiger partial charge < -0.3 is 19.7 Å². The van der Waals surface area contributed by atoms with Crippen LogP contribution in [-0.4, -0.2) is 36.1 Å². The number of aromatic nitrogens is 2. The van der Waals surface area contributed by atoms with Crippen LogP contribution in [0.2, 0.25) is 0 Å². The van der Waals surface area contributed by atoms with Crippen LogP contribution in [0.4, 0.5) is 11.5 Å². The predicted octanol–water partition coefficient (Wildman–Crippen LogP) is 4.13. The van der Waals surface area contributed by atoms with E-state index in [2.05, 4.69) is 20.2 Å². The molecule has 1 aromatic heterocycles. The van der Waals surface area contributed by atoms with E-state index < -0.39 is 0 Å². The molecule has 2 aromatic carbocycles. The monoisotopic (exact) mass is 404 g/mol. The number of carbonyl (C=O) groups excluding carboxylic acids is 1. The lowest BCUT2D eigenvalue weighted by Gasteiger charge is -2.32. The molecule has 0 bridgehead atoms. The van der Waals surface area contributed by atoms with Gasteiger partial charge in [0.25, 0.3) is 0 Å². The van der Waals surface area contributed by atoms with E-state index in [4.69, 9.17) is 9.47 Å². The van der Waals surface area contributed by atoms with Crippen LogP contribution < -0.4 is 19.7 Å². The third-order valence-electron chi connectivity index (χ3n) is 5.14. The molecule has 1 amide bonds. The molecule has 0 aliphatic carbocycles. The van der Waals surface area contributed by atoms with Gasteiger partial charge in [-0.25, -0.2) is 9.97 Å². The average Bonchev–Trinajstić information content (AvgIpc) is 2.80. The summed E-state index contributed by atoms with van der Waals surface area (Å²) in [5.74, 6) is 2.84. The highest BCUT2D eigenvalue weighted by atomic mass is 16.5. The fraction of sp³-hybridized carbons (Fsp3) is 0.261. The first-order valence-corrected chi connectivity index (χ1v) is 9.96. The molecular weight excluding hydrogens is 380 g/mol. The summed E-state index contributed by atoms with van der Waals surface area (Å²) in [7, 11) is 1.62. The van der Waals surface area contributed by atoms with Crippen LogP contribution in [0.15, 0.2) is 67.0 Å². The van der Waals surface area contributed by atoms with Crippen molar-refractivity contribution >= 4 is 17.4 Å². The number of nitrogens with one attached hydrogen (secondary N) is 1. The van der Waals surface area contributed by atoms with Crippen molar-refractivity contribution in [1.82, 2.24) is 9.97 Å². The number of rotatable bonds is 6. The lowest BCUT2D eigenvalue weighted by molar-refractivity contribution is -0.120. The van der Waals surface area contributed by atoms with Crippen molar-refractivity contribution in [1.29, 1.82) is 0 Å². The van der Waals surface area contributed by atoms with Crippen molar-refractivity contribution in [2.24, 2.45) is 5.92 Å². The molecule has 1 aliphatic rings. The van der Waals surface area contributed by atoms with Crippen LogP contribution in [0.3, 0.4) is 0 Å². The van der Waals surface area contributed by atoms with Crippen molar-refractivity contribution < 1.29 is 14.3 Å². The highest BCUT2D eigenvalue weighted by Gasteiger charge is 2.26. The zero-order chi connectivity index (χ0) is 20.8. The van der Waals surface area contributed by atoms with Crippen molar-refractivity contribution in [2.75, 3.05) is 30.4 Å². The Balaban J connectivity index is 1.32. The second-order valence-corrected chi connectivity index (χ2v) is 7.11. The molecule has 1 saturated heterocycles. The summed E-state index contributed by atoms with van der Waals surface area (Å²) in [6, 6.07) is 18.7. The van der Waals surface area contributed by atoms with Gasteiger partial charge in [-0.15, -0.1) is 0 Å². The Morgan fingerprint density at radius 1 is 1.00 bits per heavy atom. The van der Waals surface area contributed by atoms with Crippen molar-refractivity contribution in [2.45, 2.75) is 12.8 Å². The average molecular weight is 404 g/mol. The Kier molecular flexibility index (Phi) is 6.08. The lowest BCUT2D eigenvalue weighted by atomic mass is 9.96. The third-order valence-corrected chi connectivity index (χ3v) is 5.14. The molecule has 0 atom stereocenters. The predicted molar refractivity (Wildman–Crippen MR) is 115 cm³/mol. The molecule has 0 radical (unpaired) electrons. The second kappa shape index (κ2) is 9.26. The molecule has 154 valence electrons. The van der Waals surface area contributed by atoms with Crippen LogP contribution in [0.5, 0.6) is 17.4 Å². The van der Waals surface area contributed by atoms with Crippen LogP contribution >= 0.6 is 0 Å². The van der Waals surface area contributed by atoms with Gasteiger partial charge in [-0.3, -0.25) is 4.79 Å². The number of hydrogen-bond acceptors (Lipinski definition) is 6. The van der Waals surface area contributed by atoms with Crippen molar-refractivity contribution in [3.8, 4) is 17.4 Å². The summed E-state index contributed by atoms with van der Waals surface area (Å²) in [6.07, 6.45) is 3.04. The zero-order valence-corrected chi connectivity index (χ0v) is 16.8. The molecule has 1 N–H and O–H groups in total. The lowest BCUT2D eigenvalue weighted by Crippen LogP contribution is -2.38. The summed E-state index contributed by atoms with van der Waals surface area (Å²) in [5.41, 5.74) is 0.779. The van der Waals surface area contributed by atoms with E-state index in [0.29, 0.717) is 5.88 Å². The number of piperidine rings is 1. The molecule has 7 nitrogen and oxygen atoms in total. The van der Waals surface area contributed by atoms with Gasteiger partial charge >= 0.3 is 0 Å². The number of ether oxygens (including phenoxy) is 2. The maximum absolute atomic E-state index is 12.6. The van der Waals surface area contributed by atoms with Crippen molar-refractivity contribution in [3.05, 3.63) is 67.0 Å². The number of para-hydroxylation sites is 1. The molecule has 1 aliphatic heterocycles. The van der Waals surface area contributed by atoms with E-state index >= 15 is 0 Å². The number of methoxy groups -OCH3 is 1. The molecule has 0 unspecified atom stereocenters. The minimum absolute atomic E-state index is 0.0229. The van der Waals surface area contributed by atoms with Gasteiger partial charge in [0.05, 0.1) is 7.11 Å². The van der Waals surface area contributed by atoms with E-state index in [1.807, 2.05) is 60.7 Å². The highest BCUT2D eigenvalue weighted by Crippen LogP contribution is 2.26. The minimum Gasteiger partial charge on any atom is -0.497 e. The van der Waals surface area contributed by atoms with Gasteiger partial charge in [0.1, 0.15) is 23.6 Å². The van der Waals surface area contributed by atoms with Gasteiger partial charge in [0.15, 0.2) is 0 Å². The molecule has 7 heteroatoms. The first-order chi connectivity index (χ1) is 14.7. The first kappa shape index (κ1) is 19.7. The highest BCUT2D eigenvalue weighted by molar-refractivity contribution is 5.92. The van der Waals surface area contributed by atoms with E-state index in [1.54, 1.807) is 7.11 Å². The summed E-state index contributed by atoms with van der Waals surface area (Å²) in [6.45, 7) is 1.50. The van der Waals surface area contributed by atoms with Crippen LogP contribution in [0.1, 0.15) is 12.8 Å². The molecule has 0 saturated carbocycles. The van der Waals surface area contributed by atoms with E-state index in [0.717, 1.165) is 48.9 Å². The normalized spacial score (nSPS) is 14.2. The van der Waals surface area contributed by atoms with Gasteiger partial charge in [0.2, 0.25) is 11.8 Å². The van der Waals surface area contributed by atoms with Crippen LogP contribution in [-0.2, 0) is 4.79 Å². The Morgan fingerprint density at radius 2 is 1.73 bits per heavy atom. The molecule has 30 heavy (non-hydrogen) atoms. The van der Waals surface area contributed by atoms with E-state index in [-0.39, 0.29) is 11.8 Å². The topological polar surface area (TPSA) is 76.6 Å². The van der Waals surface area contributed by atoms with Gasteiger partial charge in [0, 0.05) is 30.8 Å². The first-order valence-electron chi connectivity index (χ1n) is 9.96. The van der Waals surface area contributed by atoms with Crippen LogP contribution in [0.25, 0.3) is 0 Å². The van der Waals surface area contributed by atoms with Gasteiger partial charge in [-0.2, -0.15) is 0 Å². The maximum atomic E-state index is 12.6. The quantitative estimate of drug-likeness (QED) is 0.666.